The average molecular weight is 493 g/mol. The zero-order valence-corrected chi connectivity index (χ0v) is 20.5. The first-order valence-corrected chi connectivity index (χ1v) is 12.3. The molecule has 2 aromatic heterocycles. The molecule has 6 heteroatoms. The van der Waals surface area contributed by atoms with E-state index in [-0.39, 0.29) is 0 Å². The largest absolute Gasteiger partial charge is 0.308 e. The maximum absolute atomic E-state index is 4.62. The number of para-hydroxylation sites is 4. The maximum atomic E-state index is 4.62. The van der Waals surface area contributed by atoms with Crippen LogP contribution in [0.15, 0.2) is 146 Å². The Labute approximate surface area is 221 Å². The van der Waals surface area contributed by atoms with Crippen molar-refractivity contribution in [3.63, 3.8) is 0 Å². The number of aromatic nitrogens is 4. The SMILES string of the molecule is c1ccc(N(c2ccccc2)c2cnc(-c3ncc(N(c4ccccc4)c4ccccc4)cn3)nc2)cc1. The van der Waals surface area contributed by atoms with Gasteiger partial charge in [-0.15, -0.1) is 0 Å². The molecule has 0 radical (unpaired) electrons. The molecule has 6 nitrogen and oxygen atoms in total. The van der Waals surface area contributed by atoms with Crippen molar-refractivity contribution in [1.82, 2.24) is 19.9 Å². The summed E-state index contributed by atoms with van der Waals surface area (Å²) in [6, 6.07) is 40.7. The molecule has 0 N–H and O–H groups in total. The number of nitrogens with zero attached hydrogens (tertiary/aromatic N) is 6. The quantitative estimate of drug-likeness (QED) is 0.226. The van der Waals surface area contributed by atoms with E-state index in [4.69, 9.17) is 0 Å². The van der Waals surface area contributed by atoms with Crippen molar-refractivity contribution in [1.29, 1.82) is 0 Å². The Hall–Kier alpha value is -5.36. The summed E-state index contributed by atoms with van der Waals surface area (Å²) in [7, 11) is 0. The van der Waals surface area contributed by atoms with Gasteiger partial charge in [0.25, 0.3) is 0 Å². The molecule has 0 spiro atoms. The summed E-state index contributed by atoms with van der Waals surface area (Å²) in [6.45, 7) is 0. The predicted molar refractivity (Wildman–Crippen MR) is 152 cm³/mol. The lowest BCUT2D eigenvalue weighted by Crippen LogP contribution is -2.11. The Kier molecular flexibility index (Phi) is 6.51. The van der Waals surface area contributed by atoms with Crippen LogP contribution in [0.25, 0.3) is 11.6 Å². The molecule has 2 heterocycles. The fourth-order valence-electron chi connectivity index (χ4n) is 4.31. The summed E-state index contributed by atoms with van der Waals surface area (Å²) in [5.74, 6) is 0.930. The molecule has 0 atom stereocenters. The van der Waals surface area contributed by atoms with E-state index < -0.39 is 0 Å². The van der Waals surface area contributed by atoms with Gasteiger partial charge in [-0.2, -0.15) is 0 Å². The van der Waals surface area contributed by atoms with Crippen molar-refractivity contribution < 1.29 is 0 Å². The molecule has 0 saturated carbocycles. The molecule has 0 aliphatic carbocycles. The zero-order valence-electron chi connectivity index (χ0n) is 20.5. The van der Waals surface area contributed by atoms with Gasteiger partial charge in [-0.1, -0.05) is 72.8 Å². The van der Waals surface area contributed by atoms with Gasteiger partial charge in [-0.05, 0) is 48.5 Å². The Morgan fingerprint density at radius 2 is 0.526 bits per heavy atom. The molecule has 0 amide bonds. The van der Waals surface area contributed by atoms with Gasteiger partial charge in [-0.3, -0.25) is 0 Å². The third kappa shape index (κ3) is 4.83. The van der Waals surface area contributed by atoms with Crippen LogP contribution in [0.2, 0.25) is 0 Å². The topological polar surface area (TPSA) is 58.0 Å². The minimum absolute atomic E-state index is 0.465. The Morgan fingerprint density at radius 3 is 0.763 bits per heavy atom. The minimum Gasteiger partial charge on any atom is -0.308 e. The molecule has 182 valence electrons. The number of anilines is 6. The highest BCUT2D eigenvalue weighted by Crippen LogP contribution is 2.35. The van der Waals surface area contributed by atoms with E-state index >= 15 is 0 Å². The van der Waals surface area contributed by atoms with Gasteiger partial charge >= 0.3 is 0 Å². The van der Waals surface area contributed by atoms with Crippen LogP contribution in [0.1, 0.15) is 0 Å². The highest BCUT2D eigenvalue weighted by Gasteiger charge is 2.16. The molecule has 38 heavy (non-hydrogen) atoms. The van der Waals surface area contributed by atoms with Crippen LogP contribution >= 0.6 is 0 Å². The second kappa shape index (κ2) is 10.7. The third-order valence-corrected chi connectivity index (χ3v) is 6.05. The molecule has 4 aromatic carbocycles. The van der Waals surface area contributed by atoms with Gasteiger partial charge in [0.1, 0.15) is 0 Å². The molecule has 0 unspecified atom stereocenters. The highest BCUT2D eigenvalue weighted by atomic mass is 15.2. The number of hydrogen-bond donors (Lipinski definition) is 0. The number of benzene rings is 4. The molecular weight excluding hydrogens is 468 g/mol. The van der Waals surface area contributed by atoms with Crippen LogP contribution in [0.4, 0.5) is 34.1 Å². The lowest BCUT2D eigenvalue weighted by atomic mass is 10.2. The van der Waals surface area contributed by atoms with E-state index in [2.05, 4.69) is 78.3 Å². The van der Waals surface area contributed by atoms with Crippen molar-refractivity contribution in [2.45, 2.75) is 0 Å². The molecule has 0 bridgehead atoms. The van der Waals surface area contributed by atoms with Crippen molar-refractivity contribution in [3.05, 3.63) is 146 Å². The fraction of sp³-hybridized carbons (Fsp3) is 0. The summed E-state index contributed by atoms with van der Waals surface area (Å²) in [5, 5.41) is 0. The average Bonchev–Trinajstić information content (AvgIpc) is 3.00. The fourth-order valence-corrected chi connectivity index (χ4v) is 4.31. The van der Waals surface area contributed by atoms with Gasteiger partial charge in [0, 0.05) is 22.7 Å². The van der Waals surface area contributed by atoms with Crippen LogP contribution in [0, 0.1) is 0 Å². The van der Waals surface area contributed by atoms with E-state index in [1.807, 2.05) is 72.8 Å². The summed E-state index contributed by atoms with van der Waals surface area (Å²) >= 11 is 0. The highest BCUT2D eigenvalue weighted by molar-refractivity contribution is 5.77. The predicted octanol–water partition coefficient (Wildman–Crippen LogP) is 7.87. The van der Waals surface area contributed by atoms with Crippen LogP contribution in [0.3, 0.4) is 0 Å². The van der Waals surface area contributed by atoms with Gasteiger partial charge in [0.2, 0.25) is 0 Å². The van der Waals surface area contributed by atoms with Crippen molar-refractivity contribution >= 4 is 34.1 Å². The molecule has 6 rings (SSSR count). The monoisotopic (exact) mass is 492 g/mol. The Morgan fingerprint density at radius 1 is 0.289 bits per heavy atom. The van der Waals surface area contributed by atoms with E-state index in [1.165, 1.54) is 0 Å². The second-order valence-corrected chi connectivity index (χ2v) is 8.54. The van der Waals surface area contributed by atoms with E-state index in [0.717, 1.165) is 34.1 Å². The smallest absolute Gasteiger partial charge is 0.197 e. The van der Waals surface area contributed by atoms with Crippen molar-refractivity contribution in [3.8, 4) is 11.6 Å². The first-order valence-electron chi connectivity index (χ1n) is 12.3. The third-order valence-electron chi connectivity index (χ3n) is 6.05. The first-order chi connectivity index (χ1) is 18.9. The van der Waals surface area contributed by atoms with Gasteiger partial charge in [-0.25, -0.2) is 19.9 Å². The molecular formula is C32H24N6. The molecule has 0 saturated heterocycles. The standard InChI is InChI=1S/C32H24N6/c1-5-13-25(14-6-1)37(26-15-7-2-8-16-26)29-21-33-31(34-22-29)32-35-23-30(24-36-32)38(27-17-9-3-10-18-27)28-19-11-4-12-20-28/h1-24H. The summed E-state index contributed by atoms with van der Waals surface area (Å²) < 4.78 is 0. The Balaban J connectivity index is 1.31. The number of rotatable bonds is 7. The molecule has 0 aliphatic heterocycles. The zero-order chi connectivity index (χ0) is 25.6. The lowest BCUT2D eigenvalue weighted by molar-refractivity contribution is 1.06. The summed E-state index contributed by atoms with van der Waals surface area (Å²) in [6.07, 6.45) is 7.22. The first kappa shape index (κ1) is 23.1. The van der Waals surface area contributed by atoms with Crippen LogP contribution in [-0.4, -0.2) is 19.9 Å². The van der Waals surface area contributed by atoms with Gasteiger partial charge < -0.3 is 9.80 Å². The van der Waals surface area contributed by atoms with E-state index in [0.29, 0.717) is 11.6 Å². The molecule has 0 fully saturated rings. The summed E-state index contributed by atoms with van der Waals surface area (Å²) in [5.41, 5.74) is 5.80. The Bertz CT molecular complexity index is 1370. The summed E-state index contributed by atoms with van der Waals surface area (Å²) in [4.78, 5) is 22.7. The maximum Gasteiger partial charge on any atom is 0.197 e. The van der Waals surface area contributed by atoms with E-state index in [1.54, 1.807) is 24.8 Å². The van der Waals surface area contributed by atoms with Crippen molar-refractivity contribution in [2.24, 2.45) is 0 Å². The second-order valence-electron chi connectivity index (χ2n) is 8.54. The number of hydrogen-bond acceptors (Lipinski definition) is 6. The van der Waals surface area contributed by atoms with Crippen molar-refractivity contribution in [2.75, 3.05) is 9.80 Å². The van der Waals surface area contributed by atoms with Crippen LogP contribution in [0.5, 0.6) is 0 Å². The van der Waals surface area contributed by atoms with Crippen LogP contribution in [-0.2, 0) is 0 Å². The van der Waals surface area contributed by atoms with E-state index in [9.17, 15) is 0 Å². The molecule has 0 aliphatic rings. The lowest BCUT2D eigenvalue weighted by Gasteiger charge is -2.25. The van der Waals surface area contributed by atoms with Gasteiger partial charge in [0.05, 0.1) is 36.2 Å². The van der Waals surface area contributed by atoms with Crippen LogP contribution < -0.4 is 9.80 Å². The minimum atomic E-state index is 0.465. The normalized spacial score (nSPS) is 10.6. The van der Waals surface area contributed by atoms with Gasteiger partial charge in [0.15, 0.2) is 11.6 Å². The molecule has 6 aromatic rings.